The number of hydrogen-bond acceptors (Lipinski definition) is 2. The van der Waals surface area contributed by atoms with Crippen LogP contribution in [0.1, 0.15) is 10.4 Å². The normalized spacial score (nSPS) is 10.5. The van der Waals surface area contributed by atoms with E-state index in [-0.39, 0.29) is 11.3 Å². The van der Waals surface area contributed by atoms with Gasteiger partial charge in [0.2, 0.25) is 0 Å². The zero-order valence-electron chi connectivity index (χ0n) is 10.9. The molecule has 0 bridgehead atoms. The van der Waals surface area contributed by atoms with Gasteiger partial charge in [-0.1, -0.05) is 36.4 Å². The second-order valence-electron chi connectivity index (χ2n) is 4.53. The number of aromatic carboxylic acids is 1. The Morgan fingerprint density at radius 2 is 1.71 bits per heavy atom. The lowest BCUT2D eigenvalue weighted by Crippen LogP contribution is -2.01. The van der Waals surface area contributed by atoms with Crippen molar-refractivity contribution in [1.82, 2.24) is 0 Å². The Hall–Kier alpha value is -2.88. The van der Waals surface area contributed by atoms with Crippen LogP contribution in [0.4, 0.5) is 4.39 Å². The second kappa shape index (κ2) is 5.25. The summed E-state index contributed by atoms with van der Waals surface area (Å²) in [6.07, 6.45) is 0. The molecule has 21 heavy (non-hydrogen) atoms. The van der Waals surface area contributed by atoms with Gasteiger partial charge in [-0.3, -0.25) is 0 Å². The minimum Gasteiger partial charge on any atom is -0.478 e. The molecule has 0 aliphatic heterocycles. The molecule has 0 aromatic heterocycles. The Kier molecular flexibility index (Phi) is 3.28. The van der Waals surface area contributed by atoms with Crippen molar-refractivity contribution in [3.63, 3.8) is 0 Å². The maximum absolute atomic E-state index is 13.8. The maximum atomic E-state index is 13.8. The van der Waals surface area contributed by atoms with Gasteiger partial charge in [-0.25, -0.2) is 9.18 Å². The van der Waals surface area contributed by atoms with Crippen LogP contribution >= 0.6 is 0 Å². The molecule has 1 N–H and O–H groups in total. The first kappa shape index (κ1) is 13.1. The third kappa shape index (κ3) is 2.56. The zero-order chi connectivity index (χ0) is 14.8. The summed E-state index contributed by atoms with van der Waals surface area (Å²) in [5.41, 5.74) is -0.205. The van der Waals surface area contributed by atoms with E-state index in [1.165, 1.54) is 18.2 Å². The molecule has 3 nitrogen and oxygen atoms in total. The monoisotopic (exact) mass is 282 g/mol. The molecule has 0 aliphatic carbocycles. The summed E-state index contributed by atoms with van der Waals surface area (Å²) in [6.45, 7) is 0. The molecule has 0 saturated heterocycles. The van der Waals surface area contributed by atoms with Crippen molar-refractivity contribution >= 4 is 16.7 Å². The molecular weight excluding hydrogens is 271 g/mol. The molecule has 0 radical (unpaired) electrons. The molecule has 0 atom stereocenters. The molecular formula is C17H11FO3. The van der Waals surface area contributed by atoms with Gasteiger partial charge in [0, 0.05) is 0 Å². The Morgan fingerprint density at radius 3 is 2.48 bits per heavy atom. The van der Waals surface area contributed by atoms with Crippen molar-refractivity contribution < 1.29 is 19.0 Å². The molecule has 4 heteroatoms. The summed E-state index contributed by atoms with van der Waals surface area (Å²) in [4.78, 5) is 11.1. The highest BCUT2D eigenvalue weighted by Crippen LogP contribution is 2.30. The van der Waals surface area contributed by atoms with Gasteiger partial charge in [0.05, 0.1) is 0 Å². The summed E-state index contributed by atoms with van der Waals surface area (Å²) in [6, 6.07) is 16.7. The molecule has 104 valence electrons. The molecule has 0 heterocycles. The minimum atomic E-state index is -1.23. The maximum Gasteiger partial charge on any atom is 0.339 e. The van der Waals surface area contributed by atoms with Crippen molar-refractivity contribution in [1.29, 1.82) is 0 Å². The Bertz CT molecular complexity index is 827. The molecule has 3 aromatic carbocycles. The third-order valence-electron chi connectivity index (χ3n) is 3.14. The van der Waals surface area contributed by atoms with Crippen molar-refractivity contribution in [2.24, 2.45) is 0 Å². The van der Waals surface area contributed by atoms with E-state index in [4.69, 9.17) is 9.84 Å². The average molecular weight is 282 g/mol. The van der Waals surface area contributed by atoms with E-state index in [1.807, 2.05) is 30.3 Å². The topological polar surface area (TPSA) is 46.5 Å². The summed E-state index contributed by atoms with van der Waals surface area (Å²) in [5, 5.41) is 11.1. The molecule has 0 aliphatic rings. The van der Waals surface area contributed by atoms with E-state index < -0.39 is 11.8 Å². The predicted molar refractivity (Wildman–Crippen MR) is 77.4 cm³/mol. The largest absolute Gasteiger partial charge is 0.478 e. The van der Waals surface area contributed by atoms with Gasteiger partial charge in [0.25, 0.3) is 0 Å². The zero-order valence-corrected chi connectivity index (χ0v) is 10.9. The number of carbonyl (C=O) groups is 1. The number of para-hydroxylation sites is 1. The Labute approximate surface area is 120 Å². The van der Waals surface area contributed by atoms with Gasteiger partial charge in [0.15, 0.2) is 11.6 Å². The van der Waals surface area contributed by atoms with Gasteiger partial charge < -0.3 is 9.84 Å². The van der Waals surface area contributed by atoms with E-state index in [9.17, 15) is 9.18 Å². The summed E-state index contributed by atoms with van der Waals surface area (Å²) in [7, 11) is 0. The van der Waals surface area contributed by atoms with Crippen LogP contribution in [0.2, 0.25) is 0 Å². The number of rotatable bonds is 3. The predicted octanol–water partition coefficient (Wildman–Crippen LogP) is 4.47. The van der Waals surface area contributed by atoms with Crippen LogP contribution in [0.5, 0.6) is 11.5 Å². The highest BCUT2D eigenvalue weighted by atomic mass is 19.1. The van der Waals surface area contributed by atoms with Crippen LogP contribution < -0.4 is 4.74 Å². The van der Waals surface area contributed by atoms with E-state index in [0.717, 1.165) is 10.8 Å². The van der Waals surface area contributed by atoms with Crippen LogP contribution in [0, 0.1) is 5.82 Å². The van der Waals surface area contributed by atoms with Crippen LogP contribution in [0.25, 0.3) is 10.8 Å². The molecule has 0 amide bonds. The molecule has 0 unspecified atom stereocenters. The summed E-state index contributed by atoms with van der Waals surface area (Å²) < 4.78 is 19.3. The van der Waals surface area contributed by atoms with Crippen molar-refractivity contribution in [2.45, 2.75) is 0 Å². The number of halogens is 1. The van der Waals surface area contributed by atoms with Crippen LogP contribution in [-0.4, -0.2) is 11.1 Å². The number of ether oxygens (including phenoxy) is 1. The summed E-state index contributed by atoms with van der Waals surface area (Å²) in [5.74, 6) is -1.82. The quantitative estimate of drug-likeness (QED) is 0.771. The van der Waals surface area contributed by atoms with Gasteiger partial charge in [-0.2, -0.15) is 0 Å². The van der Waals surface area contributed by atoms with E-state index >= 15 is 0 Å². The smallest absolute Gasteiger partial charge is 0.339 e. The lowest BCUT2D eigenvalue weighted by atomic mass is 10.1. The lowest BCUT2D eigenvalue weighted by Gasteiger charge is -2.10. The molecule has 0 spiro atoms. The van der Waals surface area contributed by atoms with E-state index in [0.29, 0.717) is 5.75 Å². The summed E-state index contributed by atoms with van der Waals surface area (Å²) >= 11 is 0. The standard InChI is InChI=1S/C17H11FO3/c18-15-7-3-6-14(17(19)20)16(15)21-13-9-8-11-4-1-2-5-12(11)10-13/h1-10H,(H,19,20). The number of benzene rings is 3. The van der Waals surface area contributed by atoms with Gasteiger partial charge >= 0.3 is 5.97 Å². The fourth-order valence-electron chi connectivity index (χ4n) is 2.13. The number of carboxylic acid groups (broad SMARTS) is 1. The van der Waals surface area contributed by atoms with E-state index in [2.05, 4.69) is 0 Å². The van der Waals surface area contributed by atoms with E-state index in [1.54, 1.807) is 12.1 Å². The van der Waals surface area contributed by atoms with Gasteiger partial charge in [-0.05, 0) is 35.0 Å². The number of fused-ring (bicyclic) bond motifs is 1. The molecule has 3 rings (SSSR count). The van der Waals surface area contributed by atoms with Gasteiger partial charge in [0.1, 0.15) is 11.3 Å². The second-order valence-corrected chi connectivity index (χ2v) is 4.53. The SMILES string of the molecule is O=C(O)c1cccc(F)c1Oc1ccc2ccccc2c1. The lowest BCUT2D eigenvalue weighted by molar-refractivity contribution is 0.0693. The highest BCUT2D eigenvalue weighted by molar-refractivity contribution is 5.91. The first-order valence-corrected chi connectivity index (χ1v) is 6.33. The fraction of sp³-hybridized carbons (Fsp3) is 0. The first-order chi connectivity index (χ1) is 10.1. The average Bonchev–Trinajstić information content (AvgIpc) is 2.49. The van der Waals surface area contributed by atoms with Crippen LogP contribution in [0.15, 0.2) is 60.7 Å². The fourth-order valence-corrected chi connectivity index (χ4v) is 2.13. The minimum absolute atomic E-state index is 0.205. The molecule has 0 fully saturated rings. The van der Waals surface area contributed by atoms with Crippen LogP contribution in [0.3, 0.4) is 0 Å². The van der Waals surface area contributed by atoms with Crippen LogP contribution in [-0.2, 0) is 0 Å². The van der Waals surface area contributed by atoms with Gasteiger partial charge in [-0.15, -0.1) is 0 Å². The van der Waals surface area contributed by atoms with Crippen molar-refractivity contribution in [3.05, 3.63) is 72.0 Å². The number of carboxylic acids is 1. The third-order valence-corrected chi connectivity index (χ3v) is 3.14. The first-order valence-electron chi connectivity index (χ1n) is 6.33. The van der Waals surface area contributed by atoms with Crippen molar-refractivity contribution in [3.8, 4) is 11.5 Å². The Morgan fingerprint density at radius 1 is 0.952 bits per heavy atom. The highest BCUT2D eigenvalue weighted by Gasteiger charge is 2.16. The number of hydrogen-bond donors (Lipinski definition) is 1. The molecule has 0 saturated carbocycles. The van der Waals surface area contributed by atoms with Crippen molar-refractivity contribution in [2.75, 3.05) is 0 Å². The Balaban J connectivity index is 2.04. The molecule has 3 aromatic rings.